The Kier molecular flexibility index (Phi) is 8.58. The smallest absolute Gasteiger partial charge is 0.229 e. The molecule has 0 aliphatic carbocycles. The predicted molar refractivity (Wildman–Crippen MR) is 137 cm³/mol. The number of ether oxygens (including phenoxy) is 4. The van der Waals surface area contributed by atoms with E-state index in [0.29, 0.717) is 5.56 Å². The summed E-state index contributed by atoms with van der Waals surface area (Å²) in [5, 5.41) is 80.0. The van der Waals surface area contributed by atoms with E-state index in [1.807, 2.05) is 0 Å². The number of aliphatic hydroxyl groups is 7. The molecule has 41 heavy (non-hydrogen) atoms. The van der Waals surface area contributed by atoms with Crippen LogP contribution in [0.25, 0.3) is 22.1 Å². The summed E-state index contributed by atoms with van der Waals surface area (Å²) in [6, 6.07) is 8.55. The summed E-state index contributed by atoms with van der Waals surface area (Å²) in [5.41, 5.74) is 0.612. The van der Waals surface area contributed by atoms with Gasteiger partial charge in [0.25, 0.3) is 0 Å². The Morgan fingerprint density at radius 3 is 2.39 bits per heavy atom. The molecule has 14 heteroatoms. The molecule has 0 spiro atoms. The van der Waals surface area contributed by atoms with Crippen LogP contribution in [0.2, 0.25) is 0 Å². The minimum Gasteiger partial charge on any atom is -0.508 e. The lowest BCUT2D eigenvalue weighted by molar-refractivity contribution is -0.307. The number of hydrogen-bond donors (Lipinski definition) is 8. The molecule has 0 amide bonds. The average Bonchev–Trinajstić information content (AvgIpc) is 2.97. The van der Waals surface area contributed by atoms with Gasteiger partial charge in [-0.1, -0.05) is 6.07 Å². The van der Waals surface area contributed by atoms with Gasteiger partial charge < -0.3 is 64.2 Å². The quantitative estimate of drug-likeness (QED) is 0.156. The number of benzene rings is 2. The van der Waals surface area contributed by atoms with Gasteiger partial charge in [0, 0.05) is 11.6 Å². The van der Waals surface area contributed by atoms with Gasteiger partial charge in [0.1, 0.15) is 66.1 Å². The third-order valence-corrected chi connectivity index (χ3v) is 7.11. The van der Waals surface area contributed by atoms with E-state index in [9.17, 15) is 45.6 Å². The second-order valence-corrected chi connectivity index (χ2v) is 9.85. The maximum absolute atomic E-state index is 13.1. The zero-order valence-corrected chi connectivity index (χ0v) is 21.4. The fourth-order valence-electron chi connectivity index (χ4n) is 4.66. The second-order valence-electron chi connectivity index (χ2n) is 9.85. The van der Waals surface area contributed by atoms with Gasteiger partial charge in [0.2, 0.25) is 6.29 Å². The van der Waals surface area contributed by atoms with E-state index in [1.165, 1.54) is 42.7 Å². The van der Waals surface area contributed by atoms with Gasteiger partial charge in [-0.3, -0.25) is 4.79 Å². The molecule has 1 aromatic heterocycles. The predicted octanol–water partition coefficient (Wildman–Crippen LogP) is -1.70. The standard InChI is InChI=1S/C27H30O14/c28-7-12-5-11(1-4-16(12)29)15-8-37-18-6-13(2-3-14(18)20(15)31)40-27-25(36)23(34)22(33)19(41-27)10-39-26-24(35)21(32)17(30)9-38-26/h1-6,8,17,19,21-30,32-36H,7,9-10H2/t17-,19-,21+,22-,23+,24-,25-,26+,27-/m1/s1. The van der Waals surface area contributed by atoms with Crippen LogP contribution in [0, 0.1) is 0 Å². The van der Waals surface area contributed by atoms with Crippen molar-refractivity contribution in [3.63, 3.8) is 0 Å². The highest BCUT2D eigenvalue weighted by molar-refractivity contribution is 5.82. The molecule has 9 atom stereocenters. The van der Waals surface area contributed by atoms with Crippen LogP contribution >= 0.6 is 0 Å². The summed E-state index contributed by atoms with van der Waals surface area (Å²) in [4.78, 5) is 13.1. The lowest BCUT2D eigenvalue weighted by Gasteiger charge is -2.41. The lowest BCUT2D eigenvalue weighted by atomic mass is 9.99. The molecular weight excluding hydrogens is 548 g/mol. The van der Waals surface area contributed by atoms with Gasteiger partial charge in [-0.05, 0) is 29.8 Å². The third kappa shape index (κ3) is 5.80. The molecule has 0 radical (unpaired) electrons. The summed E-state index contributed by atoms with van der Waals surface area (Å²) in [7, 11) is 0. The Balaban J connectivity index is 1.31. The van der Waals surface area contributed by atoms with Crippen molar-refractivity contribution in [2.24, 2.45) is 0 Å². The Bertz CT molecular complexity index is 1420. The summed E-state index contributed by atoms with van der Waals surface area (Å²) in [5.74, 6) is -0.0172. The average molecular weight is 579 g/mol. The van der Waals surface area contributed by atoms with Crippen LogP contribution in [0.15, 0.2) is 51.9 Å². The zero-order chi connectivity index (χ0) is 29.4. The molecule has 2 saturated heterocycles. The van der Waals surface area contributed by atoms with E-state index >= 15 is 0 Å². The topological polar surface area (TPSA) is 229 Å². The molecule has 8 N–H and O–H groups in total. The van der Waals surface area contributed by atoms with E-state index in [1.54, 1.807) is 0 Å². The van der Waals surface area contributed by atoms with Crippen LogP contribution in [-0.2, 0) is 20.8 Å². The van der Waals surface area contributed by atoms with Crippen molar-refractivity contribution in [2.45, 2.75) is 61.9 Å². The molecule has 14 nitrogen and oxygen atoms in total. The van der Waals surface area contributed by atoms with E-state index in [4.69, 9.17) is 23.4 Å². The van der Waals surface area contributed by atoms with E-state index in [0.717, 1.165) is 0 Å². The SMILES string of the molecule is O=c1c(-c2ccc(O)c(CO)c2)coc2cc(O[C@@H]3O[C@H](CO[C@@H]4OC[C@@H](O)[C@H](O)[C@H]4O)[C@@H](O)[C@H](O)[C@H]3O)ccc12. The van der Waals surface area contributed by atoms with Crippen LogP contribution < -0.4 is 10.2 Å². The molecule has 0 unspecified atom stereocenters. The Labute approximate surface area is 231 Å². The number of fused-ring (bicyclic) bond motifs is 1. The normalized spacial score (nSPS) is 32.2. The third-order valence-electron chi connectivity index (χ3n) is 7.11. The van der Waals surface area contributed by atoms with Crippen LogP contribution in [0.1, 0.15) is 5.56 Å². The zero-order valence-electron chi connectivity index (χ0n) is 21.4. The highest BCUT2D eigenvalue weighted by atomic mass is 16.7. The van der Waals surface area contributed by atoms with Crippen molar-refractivity contribution in [1.82, 2.24) is 0 Å². The summed E-state index contributed by atoms with van der Waals surface area (Å²) < 4.78 is 27.5. The first kappa shape index (κ1) is 29.3. The fraction of sp³-hybridized carbons (Fsp3) is 0.444. The van der Waals surface area contributed by atoms with Gasteiger partial charge in [-0.25, -0.2) is 0 Å². The summed E-state index contributed by atoms with van der Waals surface area (Å²) >= 11 is 0. The molecule has 2 aromatic carbocycles. The molecule has 3 aromatic rings. The van der Waals surface area contributed by atoms with Crippen LogP contribution in [0.4, 0.5) is 0 Å². The van der Waals surface area contributed by atoms with Crippen molar-refractivity contribution in [3.8, 4) is 22.6 Å². The first-order chi connectivity index (χ1) is 19.6. The number of rotatable bonds is 7. The van der Waals surface area contributed by atoms with Crippen molar-refractivity contribution in [2.75, 3.05) is 13.2 Å². The molecule has 3 heterocycles. The van der Waals surface area contributed by atoms with Crippen LogP contribution in [0.3, 0.4) is 0 Å². The van der Waals surface area contributed by atoms with Crippen molar-refractivity contribution in [3.05, 3.63) is 58.4 Å². The monoisotopic (exact) mass is 578 g/mol. The Morgan fingerprint density at radius 2 is 1.63 bits per heavy atom. The van der Waals surface area contributed by atoms with E-state index in [-0.39, 0.29) is 45.6 Å². The minimum atomic E-state index is -1.71. The summed E-state index contributed by atoms with van der Waals surface area (Å²) in [6.07, 6.45) is -12.3. The van der Waals surface area contributed by atoms with Crippen LogP contribution in [0.5, 0.6) is 11.5 Å². The Hall–Kier alpha value is -3.15. The van der Waals surface area contributed by atoms with Gasteiger partial charge in [0.05, 0.1) is 30.8 Å². The molecular formula is C27H30O14. The van der Waals surface area contributed by atoms with Gasteiger partial charge in [0.15, 0.2) is 11.7 Å². The van der Waals surface area contributed by atoms with Crippen molar-refractivity contribution >= 4 is 11.0 Å². The maximum atomic E-state index is 13.1. The van der Waals surface area contributed by atoms with E-state index < -0.39 is 68.5 Å². The number of aliphatic hydroxyl groups excluding tert-OH is 7. The molecule has 0 saturated carbocycles. The first-order valence-corrected chi connectivity index (χ1v) is 12.7. The summed E-state index contributed by atoms with van der Waals surface area (Å²) in [6.45, 7) is -1.17. The van der Waals surface area contributed by atoms with Gasteiger partial charge in [-0.15, -0.1) is 0 Å². The fourth-order valence-corrected chi connectivity index (χ4v) is 4.66. The largest absolute Gasteiger partial charge is 0.508 e. The van der Waals surface area contributed by atoms with Crippen molar-refractivity contribution in [1.29, 1.82) is 0 Å². The number of phenols is 1. The molecule has 0 bridgehead atoms. The Morgan fingerprint density at radius 1 is 0.878 bits per heavy atom. The number of hydrogen-bond acceptors (Lipinski definition) is 14. The second kappa shape index (κ2) is 12.0. The maximum Gasteiger partial charge on any atom is 0.229 e. The highest BCUT2D eigenvalue weighted by Crippen LogP contribution is 2.29. The number of aromatic hydroxyl groups is 1. The molecule has 2 fully saturated rings. The lowest BCUT2D eigenvalue weighted by Crippen LogP contribution is -2.61. The van der Waals surface area contributed by atoms with Crippen molar-refractivity contribution < 1.29 is 64.2 Å². The molecule has 222 valence electrons. The first-order valence-electron chi connectivity index (χ1n) is 12.7. The highest BCUT2D eigenvalue weighted by Gasteiger charge is 2.46. The molecule has 2 aliphatic rings. The van der Waals surface area contributed by atoms with Gasteiger partial charge in [-0.2, -0.15) is 0 Å². The van der Waals surface area contributed by atoms with E-state index in [2.05, 4.69) is 0 Å². The van der Waals surface area contributed by atoms with Crippen LogP contribution in [-0.4, -0.2) is 109 Å². The molecule has 2 aliphatic heterocycles. The van der Waals surface area contributed by atoms with Gasteiger partial charge >= 0.3 is 0 Å². The minimum absolute atomic E-state index is 0.0936. The molecule has 5 rings (SSSR count).